The van der Waals surface area contributed by atoms with Crippen molar-refractivity contribution in [3.8, 4) is 0 Å². The van der Waals surface area contributed by atoms with Crippen molar-refractivity contribution in [3.05, 3.63) is 0 Å². The Balaban J connectivity index is 3.20. The van der Waals surface area contributed by atoms with Gasteiger partial charge >= 0.3 is 0 Å². The molecule has 0 aromatic rings. The Bertz CT molecular complexity index is 286. The van der Waals surface area contributed by atoms with Gasteiger partial charge in [-0.3, -0.25) is 4.79 Å². The first kappa shape index (κ1) is 22.7. The van der Waals surface area contributed by atoms with Crippen LogP contribution >= 0.6 is 12.9 Å². The second-order valence-electron chi connectivity index (χ2n) is 6.91. The SMILES string of the molecule is C[N+](C)(C)CCCNC(=O)CCCCCCCCCOOOS. The van der Waals surface area contributed by atoms with Crippen LogP contribution in [0.1, 0.15) is 57.8 Å². The molecule has 0 bridgehead atoms. The highest BCUT2D eigenvalue weighted by Gasteiger charge is 2.06. The molecular weight excluding hydrogens is 316 g/mol. The summed E-state index contributed by atoms with van der Waals surface area (Å²) in [7, 11) is 6.50. The van der Waals surface area contributed by atoms with Gasteiger partial charge in [0, 0.05) is 32.3 Å². The number of rotatable bonds is 16. The van der Waals surface area contributed by atoms with Crippen LogP contribution in [-0.2, 0) is 19.1 Å². The maximum Gasteiger partial charge on any atom is 0.219 e. The molecule has 138 valence electrons. The minimum absolute atomic E-state index is 0.190. The summed E-state index contributed by atoms with van der Waals surface area (Å²) in [6.07, 6.45) is 9.43. The first-order valence-corrected chi connectivity index (χ1v) is 8.99. The number of amides is 1. The van der Waals surface area contributed by atoms with Crippen LogP contribution in [0.15, 0.2) is 0 Å². The lowest BCUT2D eigenvalue weighted by atomic mass is 10.1. The number of carbonyl (C=O) groups is 1. The maximum atomic E-state index is 11.7. The maximum absolute atomic E-state index is 11.7. The molecule has 0 aromatic carbocycles. The number of hydrogen-bond acceptors (Lipinski definition) is 5. The molecule has 1 amide bonds. The van der Waals surface area contributed by atoms with Crippen molar-refractivity contribution in [3.63, 3.8) is 0 Å². The molecule has 0 saturated carbocycles. The minimum Gasteiger partial charge on any atom is -0.356 e. The monoisotopic (exact) mass is 351 g/mol. The molecule has 0 rings (SSSR count). The number of unbranched alkanes of at least 4 members (excludes halogenated alkanes) is 6. The van der Waals surface area contributed by atoms with Crippen LogP contribution in [0.4, 0.5) is 0 Å². The normalized spacial score (nSPS) is 11.7. The summed E-state index contributed by atoms with van der Waals surface area (Å²) in [6, 6.07) is 0. The average molecular weight is 352 g/mol. The van der Waals surface area contributed by atoms with E-state index in [0.717, 1.165) is 49.7 Å². The fourth-order valence-electron chi connectivity index (χ4n) is 2.26. The number of carbonyl (C=O) groups excluding carboxylic acids is 1. The van der Waals surface area contributed by atoms with Crippen molar-refractivity contribution in [1.82, 2.24) is 5.32 Å². The summed E-state index contributed by atoms with van der Waals surface area (Å²) in [5, 5.41) is 7.19. The van der Waals surface area contributed by atoms with Gasteiger partial charge in [-0.25, -0.2) is 4.89 Å². The van der Waals surface area contributed by atoms with Gasteiger partial charge < -0.3 is 9.80 Å². The fraction of sp³-hybridized carbons (Fsp3) is 0.938. The molecule has 0 atom stereocenters. The molecule has 0 unspecified atom stereocenters. The minimum atomic E-state index is 0.190. The van der Waals surface area contributed by atoms with E-state index < -0.39 is 0 Å². The van der Waals surface area contributed by atoms with E-state index in [2.05, 4.69) is 53.6 Å². The third-order valence-electron chi connectivity index (χ3n) is 3.54. The zero-order chi connectivity index (χ0) is 17.4. The van der Waals surface area contributed by atoms with Crippen LogP contribution < -0.4 is 5.32 Å². The van der Waals surface area contributed by atoms with Gasteiger partial charge in [-0.2, -0.15) is 0 Å². The van der Waals surface area contributed by atoms with Gasteiger partial charge in [-0.05, 0) is 12.8 Å². The van der Waals surface area contributed by atoms with E-state index in [1.54, 1.807) is 0 Å². The number of thiol groups is 1. The van der Waals surface area contributed by atoms with Crippen LogP contribution in [0.5, 0.6) is 0 Å². The Morgan fingerprint density at radius 2 is 1.57 bits per heavy atom. The molecule has 6 nitrogen and oxygen atoms in total. The van der Waals surface area contributed by atoms with Crippen molar-refractivity contribution in [1.29, 1.82) is 0 Å². The lowest BCUT2D eigenvalue weighted by Gasteiger charge is -2.23. The highest BCUT2D eigenvalue weighted by Crippen LogP contribution is 2.08. The number of nitrogens with one attached hydrogen (secondary N) is 1. The second kappa shape index (κ2) is 15.2. The molecule has 1 N–H and O–H groups in total. The average Bonchev–Trinajstić information content (AvgIpc) is 2.48. The number of hydrogen-bond donors (Lipinski definition) is 2. The predicted octanol–water partition coefficient (Wildman–Crippen LogP) is 3.04. The van der Waals surface area contributed by atoms with E-state index in [0.29, 0.717) is 13.0 Å². The van der Waals surface area contributed by atoms with Gasteiger partial charge in [0.15, 0.2) is 0 Å². The van der Waals surface area contributed by atoms with E-state index in [1.807, 2.05) is 0 Å². The van der Waals surface area contributed by atoms with Crippen LogP contribution in [0.3, 0.4) is 0 Å². The van der Waals surface area contributed by atoms with Crippen molar-refractivity contribution in [2.75, 3.05) is 40.8 Å². The first-order valence-electron chi connectivity index (χ1n) is 8.62. The largest absolute Gasteiger partial charge is 0.356 e. The van der Waals surface area contributed by atoms with E-state index in [9.17, 15) is 4.79 Å². The van der Waals surface area contributed by atoms with Crippen molar-refractivity contribution in [2.45, 2.75) is 57.8 Å². The molecule has 0 aliphatic carbocycles. The fourth-order valence-corrected chi connectivity index (χ4v) is 2.30. The zero-order valence-electron chi connectivity index (χ0n) is 15.0. The highest BCUT2D eigenvalue weighted by atomic mass is 32.1. The molecular formula is C16H35N2O4S+. The molecule has 0 aliphatic rings. The molecule has 0 aliphatic heterocycles. The van der Waals surface area contributed by atoms with E-state index in [-0.39, 0.29) is 5.91 Å². The third-order valence-corrected chi connectivity index (χ3v) is 3.60. The Morgan fingerprint density at radius 3 is 2.17 bits per heavy atom. The predicted molar refractivity (Wildman–Crippen MR) is 94.6 cm³/mol. The standard InChI is InChI=1S/C16H34N2O4S/c1-18(2,3)14-11-13-17-16(19)12-9-7-5-4-6-8-10-15-20-21-22-23/h4-15H2,1-3H3,(H-,17,19,23)/p+1. The van der Waals surface area contributed by atoms with Gasteiger partial charge in [-0.1, -0.05) is 37.1 Å². The van der Waals surface area contributed by atoms with Crippen LogP contribution in [0, 0.1) is 0 Å². The Hall–Kier alpha value is -0.340. The Kier molecular flexibility index (Phi) is 15.0. The molecule has 0 saturated heterocycles. The molecule has 23 heavy (non-hydrogen) atoms. The topological polar surface area (TPSA) is 56.8 Å². The van der Waals surface area contributed by atoms with E-state index >= 15 is 0 Å². The van der Waals surface area contributed by atoms with E-state index in [1.165, 1.54) is 19.3 Å². The van der Waals surface area contributed by atoms with Gasteiger partial charge in [0.2, 0.25) is 5.91 Å². The highest BCUT2D eigenvalue weighted by molar-refractivity contribution is 7.74. The first-order chi connectivity index (χ1) is 11.0. The summed E-state index contributed by atoms with van der Waals surface area (Å²) in [6.45, 7) is 2.40. The summed E-state index contributed by atoms with van der Waals surface area (Å²) in [5.41, 5.74) is 0. The van der Waals surface area contributed by atoms with E-state index in [4.69, 9.17) is 0 Å². The van der Waals surface area contributed by atoms with Gasteiger partial charge in [0.25, 0.3) is 0 Å². The van der Waals surface area contributed by atoms with Crippen molar-refractivity contribution in [2.24, 2.45) is 0 Å². The molecule has 0 aromatic heterocycles. The third kappa shape index (κ3) is 19.6. The quantitative estimate of drug-likeness (QED) is 0.112. The summed E-state index contributed by atoms with van der Waals surface area (Å²) in [5.74, 6) is 0.190. The number of nitrogens with zero attached hydrogens (tertiary/aromatic N) is 1. The zero-order valence-corrected chi connectivity index (χ0v) is 15.9. The van der Waals surface area contributed by atoms with Crippen molar-refractivity contribution < 1.29 is 23.5 Å². The molecule has 0 spiro atoms. The molecule has 0 fully saturated rings. The van der Waals surface area contributed by atoms with Crippen LogP contribution in [0.2, 0.25) is 0 Å². The lowest BCUT2D eigenvalue weighted by Crippen LogP contribution is -2.37. The van der Waals surface area contributed by atoms with Crippen LogP contribution in [-0.4, -0.2) is 51.2 Å². The Labute approximate surface area is 146 Å². The summed E-state index contributed by atoms with van der Waals surface area (Å²) >= 11 is 3.38. The number of quaternary nitrogens is 1. The summed E-state index contributed by atoms with van der Waals surface area (Å²) < 4.78 is 4.96. The van der Waals surface area contributed by atoms with Gasteiger partial charge in [0.1, 0.15) is 0 Å². The Morgan fingerprint density at radius 1 is 0.957 bits per heavy atom. The summed E-state index contributed by atoms with van der Waals surface area (Å²) in [4.78, 5) is 16.3. The van der Waals surface area contributed by atoms with Crippen molar-refractivity contribution >= 4 is 18.8 Å². The molecule has 7 heteroatoms. The lowest BCUT2D eigenvalue weighted by molar-refractivity contribution is -0.870. The van der Waals surface area contributed by atoms with Crippen LogP contribution in [0.25, 0.3) is 0 Å². The smallest absolute Gasteiger partial charge is 0.219 e. The molecule has 0 heterocycles. The van der Waals surface area contributed by atoms with Gasteiger partial charge in [0.05, 0.1) is 34.3 Å². The second-order valence-corrected chi connectivity index (χ2v) is 7.06. The molecule has 0 radical (unpaired) electrons. The van der Waals surface area contributed by atoms with Gasteiger partial charge in [-0.15, -0.1) is 4.33 Å².